The zero-order valence-electron chi connectivity index (χ0n) is 39.5. The van der Waals surface area contributed by atoms with Gasteiger partial charge in [-0.05, 0) is 152 Å². The monoisotopic (exact) mass is 946 g/mol. The van der Waals surface area contributed by atoms with Crippen LogP contribution in [0.4, 0.5) is 5.82 Å². The number of phenolic OH excluding ortho intramolecular Hbond substituents is 1. The van der Waals surface area contributed by atoms with Crippen LogP contribution < -0.4 is 15.0 Å². The van der Waals surface area contributed by atoms with Crippen molar-refractivity contribution in [2.45, 2.75) is 164 Å². The molecule has 7 spiro atoms. The number of carbonyl (C=O) groups is 2. The van der Waals surface area contributed by atoms with Gasteiger partial charge in [-0.25, -0.2) is 4.98 Å². The van der Waals surface area contributed by atoms with Crippen LogP contribution in [-0.4, -0.2) is 95.6 Å². The van der Waals surface area contributed by atoms with E-state index in [2.05, 4.69) is 5.32 Å². The third-order valence-corrected chi connectivity index (χ3v) is 21.3. The normalized spacial score (nSPS) is 37.2. The number of fused-ring (bicyclic) bond motifs is 8. The molecule has 364 valence electrons. The van der Waals surface area contributed by atoms with Gasteiger partial charge in [0.05, 0.1) is 23.3 Å². The Labute approximate surface area is 405 Å². The number of aromatic nitrogens is 2. The van der Waals surface area contributed by atoms with Crippen molar-refractivity contribution in [1.82, 2.24) is 9.97 Å². The molecule has 7 N–H and O–H groups in total. The van der Waals surface area contributed by atoms with Gasteiger partial charge in [0.25, 0.3) is 5.79 Å². The van der Waals surface area contributed by atoms with Crippen LogP contribution >= 0.6 is 0 Å². The van der Waals surface area contributed by atoms with Crippen molar-refractivity contribution >= 4 is 33.7 Å². The molecule has 1 saturated heterocycles. The van der Waals surface area contributed by atoms with Crippen molar-refractivity contribution in [2.75, 3.05) is 11.9 Å². The van der Waals surface area contributed by atoms with E-state index in [0.29, 0.717) is 64.7 Å². The summed E-state index contributed by atoms with van der Waals surface area (Å²) in [6, 6.07) is 8.29. The number of phenols is 1. The Morgan fingerprint density at radius 3 is 2.24 bits per heavy atom. The van der Waals surface area contributed by atoms with Crippen molar-refractivity contribution in [2.24, 2.45) is 27.1 Å². The van der Waals surface area contributed by atoms with Crippen LogP contribution in [0.25, 0.3) is 16.3 Å². The van der Waals surface area contributed by atoms with Crippen LogP contribution in [0, 0.1) is 34.0 Å². The molecule has 12 aliphatic rings. The number of ketones is 2. The highest BCUT2D eigenvalue weighted by Crippen LogP contribution is 2.80. The number of nitrogens with zero attached hydrogens (tertiary/aromatic N) is 2. The highest BCUT2D eigenvalue weighted by molar-refractivity contribution is 6.34. The number of nitrogens with one attached hydrogen (secondary N) is 1. The van der Waals surface area contributed by atoms with Crippen molar-refractivity contribution in [3.63, 3.8) is 0 Å². The molecule has 4 aromatic rings. The highest BCUT2D eigenvalue weighted by Gasteiger charge is 2.78. The fourth-order valence-corrected chi connectivity index (χ4v) is 18.9. The summed E-state index contributed by atoms with van der Waals surface area (Å²) in [5, 5.41) is 82.4. The Bertz CT molecular complexity index is 3090. The van der Waals surface area contributed by atoms with E-state index in [-0.39, 0.29) is 62.5 Å². The number of aryl methyl sites for hydroxylation is 1. The third kappa shape index (κ3) is 4.85. The van der Waals surface area contributed by atoms with E-state index < -0.39 is 64.3 Å². The summed E-state index contributed by atoms with van der Waals surface area (Å²) in [4.78, 5) is 40.1. The Morgan fingerprint density at radius 2 is 1.51 bits per heavy atom. The molecule has 13 nitrogen and oxygen atoms in total. The van der Waals surface area contributed by atoms with Gasteiger partial charge in [-0.1, -0.05) is 55.7 Å². The maximum atomic E-state index is 15.2. The van der Waals surface area contributed by atoms with Crippen molar-refractivity contribution in [1.29, 1.82) is 0 Å². The first-order valence-corrected chi connectivity index (χ1v) is 26.2. The van der Waals surface area contributed by atoms with E-state index in [1.54, 1.807) is 43.6 Å². The molecule has 70 heavy (non-hydrogen) atoms. The molecule has 4 aliphatic heterocycles. The smallest absolute Gasteiger partial charge is 0.261 e. The lowest BCUT2D eigenvalue weighted by Gasteiger charge is -2.64. The van der Waals surface area contributed by atoms with Crippen LogP contribution in [0.15, 0.2) is 59.9 Å². The molecule has 13 heteroatoms. The van der Waals surface area contributed by atoms with Crippen molar-refractivity contribution in [3.8, 4) is 11.5 Å². The second-order valence-electron chi connectivity index (χ2n) is 24.4. The van der Waals surface area contributed by atoms with Crippen LogP contribution in [0.2, 0.25) is 0 Å². The van der Waals surface area contributed by atoms with Crippen LogP contribution in [0.3, 0.4) is 0 Å². The van der Waals surface area contributed by atoms with Gasteiger partial charge >= 0.3 is 0 Å². The molecule has 6 heterocycles. The summed E-state index contributed by atoms with van der Waals surface area (Å²) in [6.45, 7) is 1.77. The lowest BCUT2D eigenvalue weighted by atomic mass is 9.50. The first-order valence-electron chi connectivity index (χ1n) is 26.2. The van der Waals surface area contributed by atoms with Gasteiger partial charge in [-0.3, -0.25) is 9.59 Å². The van der Waals surface area contributed by atoms with Crippen LogP contribution in [0.1, 0.15) is 164 Å². The van der Waals surface area contributed by atoms with E-state index in [9.17, 15) is 30.6 Å². The van der Waals surface area contributed by atoms with Crippen LogP contribution in [0.5, 0.6) is 11.5 Å². The summed E-state index contributed by atoms with van der Waals surface area (Å²) in [6.07, 6.45) is 12.8. The summed E-state index contributed by atoms with van der Waals surface area (Å²) in [7, 11) is 0. The third-order valence-electron chi connectivity index (χ3n) is 21.3. The molecular formula is C57H60N3O10-. The average Bonchev–Trinajstić information content (AvgIpc) is 4.22. The van der Waals surface area contributed by atoms with Gasteiger partial charge in [0, 0.05) is 40.1 Å². The van der Waals surface area contributed by atoms with Crippen molar-refractivity contribution < 1.29 is 49.7 Å². The number of rotatable bonds is 0. The number of anilines is 1. The van der Waals surface area contributed by atoms with E-state index in [4.69, 9.17) is 19.4 Å². The Balaban J connectivity index is 1.06. The number of benzene rings is 2. The molecule has 5 saturated carbocycles. The number of pyridine rings is 1. The second-order valence-corrected chi connectivity index (χ2v) is 24.4. The number of aromatic hydroxyl groups is 1. The fourth-order valence-electron chi connectivity index (χ4n) is 18.9. The van der Waals surface area contributed by atoms with E-state index in [1.165, 1.54) is 6.07 Å². The van der Waals surface area contributed by atoms with Gasteiger partial charge in [-0.15, -0.1) is 5.69 Å². The minimum atomic E-state index is -2.41. The van der Waals surface area contributed by atoms with E-state index in [0.717, 1.165) is 94.6 Å². The van der Waals surface area contributed by atoms with E-state index in [1.807, 2.05) is 6.07 Å². The number of hydrogen-bond acceptors (Lipinski definition) is 12. The Morgan fingerprint density at radius 1 is 0.800 bits per heavy atom. The Hall–Kier alpha value is -4.89. The standard InChI is InChI=1S/C57H60N3O10/c1-28-18-32-39(36(61)19-28)45(64)41-37-20-31-29(40(41)44(32)63)8-17-59-49(31)60-24-38(62)55-25-51(10-2-3-11-51)22-34(55)30-9-16-58-43(30)33-21-56(69-37)47(66)46(65)48(67)57(70-56)42(33)35(55)23-52(50(57)68)26-53(12-4-5-13-53)54(27-52)14-6-7-15-54/h8-9,16-21,34,38,46-48,50,62,65-68H,2-7,10-15,22-27H2,1H3,(H,61,64)(H,59,60,63)/q-1. The first-order chi connectivity index (χ1) is 33.7. The average molecular weight is 947 g/mol. The Kier molecular flexibility index (Phi) is 8.30. The first kappa shape index (κ1) is 42.8. The molecule has 9 atom stereocenters. The summed E-state index contributed by atoms with van der Waals surface area (Å²) in [5.74, 6) is -4.10. The van der Waals surface area contributed by atoms with Crippen LogP contribution in [-0.2, 0) is 4.74 Å². The summed E-state index contributed by atoms with van der Waals surface area (Å²) in [5.41, 5.74) is -0.503. The number of aliphatic hydroxyl groups excluding tert-OH is 5. The molecule has 0 radical (unpaired) electrons. The molecule has 8 aliphatic carbocycles. The maximum absolute atomic E-state index is 15.2. The molecule has 0 amide bonds. The molecule has 8 bridgehead atoms. The van der Waals surface area contributed by atoms with Gasteiger partial charge in [0.15, 0.2) is 17.5 Å². The number of ether oxygens (including phenoxy) is 2. The predicted octanol–water partition coefficient (Wildman–Crippen LogP) is 7.19. The van der Waals surface area contributed by atoms with Gasteiger partial charge in [0.2, 0.25) is 5.78 Å². The molecule has 16 rings (SSSR count). The SMILES string of the molecule is Cc1cc(O)c2c(c1)C(=O)c1c(c3cc4c(nccc14)NCC(O)C14CC5(CCCC5)CC1c1cc[n-]c1C1=CC5(O3)OC3(C1=C4CC1(CC4(CCCC4)C4(CCCC4)C1)C3O)C(O)C(O)C5O)C2=O. The minimum Gasteiger partial charge on any atom is -0.663 e. The zero-order valence-corrected chi connectivity index (χ0v) is 39.5. The lowest BCUT2D eigenvalue weighted by molar-refractivity contribution is -0.366. The molecular weight excluding hydrogens is 887 g/mol. The topological polar surface area (TPSA) is 213 Å². The number of aliphatic hydroxyl groups is 5. The second kappa shape index (κ2) is 13.6. The molecule has 6 fully saturated rings. The van der Waals surface area contributed by atoms with Gasteiger partial charge < -0.3 is 50.4 Å². The number of hydrogen-bond donors (Lipinski definition) is 7. The molecule has 2 aromatic heterocycles. The quantitative estimate of drug-likeness (QED) is 0.0820. The predicted molar refractivity (Wildman–Crippen MR) is 255 cm³/mol. The zero-order chi connectivity index (χ0) is 47.7. The van der Waals surface area contributed by atoms with Gasteiger partial charge in [-0.2, -0.15) is 6.20 Å². The lowest BCUT2D eigenvalue weighted by Crippen LogP contribution is -2.79. The number of carbonyl (C=O) groups excluding carboxylic acids is 2. The van der Waals surface area contributed by atoms with Gasteiger partial charge in [0.1, 0.15) is 29.5 Å². The fraction of sp³-hybridized carbons (Fsp3) is 0.561. The minimum absolute atomic E-state index is 0.000823. The molecule has 9 unspecified atom stereocenters. The summed E-state index contributed by atoms with van der Waals surface area (Å²) >= 11 is 0. The summed E-state index contributed by atoms with van der Waals surface area (Å²) < 4.78 is 14.7. The maximum Gasteiger partial charge on any atom is 0.261 e. The largest absolute Gasteiger partial charge is 0.663 e. The van der Waals surface area contributed by atoms with Crippen molar-refractivity contribution in [3.05, 3.63) is 99.0 Å². The van der Waals surface area contributed by atoms with E-state index >= 15 is 9.59 Å². The molecule has 2 aromatic carbocycles. The highest BCUT2D eigenvalue weighted by atomic mass is 16.7.